The summed E-state index contributed by atoms with van der Waals surface area (Å²) < 4.78 is 0.563. The van der Waals surface area contributed by atoms with Crippen molar-refractivity contribution in [1.82, 2.24) is 9.97 Å². The fraction of sp³-hybridized carbons (Fsp3) is 0.385. The zero-order valence-electron chi connectivity index (χ0n) is 9.36. The molecule has 0 aliphatic heterocycles. The van der Waals surface area contributed by atoms with Crippen molar-refractivity contribution in [2.45, 2.75) is 31.6 Å². The van der Waals surface area contributed by atoms with Crippen molar-refractivity contribution in [3.63, 3.8) is 0 Å². The largest absolute Gasteiger partial charge is 0.506 e. The van der Waals surface area contributed by atoms with Crippen molar-refractivity contribution in [2.75, 3.05) is 0 Å². The van der Waals surface area contributed by atoms with Crippen LogP contribution >= 0.6 is 15.9 Å². The number of hydrogen-bond donors (Lipinski definition) is 1. The molecule has 4 heteroatoms. The maximum absolute atomic E-state index is 9.85. The molecule has 88 valence electrons. The summed E-state index contributed by atoms with van der Waals surface area (Å²) in [5.74, 6) is 0.739. The molecule has 3 nitrogen and oxygen atoms in total. The van der Waals surface area contributed by atoms with E-state index in [1.54, 1.807) is 6.07 Å². The number of nitrogens with zero attached hydrogens (tertiary/aromatic N) is 2. The summed E-state index contributed by atoms with van der Waals surface area (Å²) in [5, 5.41) is 10.8. The molecule has 0 amide bonds. The zero-order chi connectivity index (χ0) is 11.8. The number of fused-ring (bicyclic) bond motifs is 1. The van der Waals surface area contributed by atoms with Gasteiger partial charge in [-0.15, -0.1) is 0 Å². The second-order valence-electron chi connectivity index (χ2n) is 4.53. The van der Waals surface area contributed by atoms with Gasteiger partial charge in [0.15, 0.2) is 4.73 Å². The minimum atomic E-state index is 0.227. The van der Waals surface area contributed by atoms with E-state index in [0.29, 0.717) is 16.2 Å². The average molecular weight is 293 g/mol. The van der Waals surface area contributed by atoms with Gasteiger partial charge in [0.05, 0.1) is 5.69 Å². The Balaban J connectivity index is 2.25. The second-order valence-corrected chi connectivity index (χ2v) is 5.24. The lowest BCUT2D eigenvalue weighted by atomic mass is 9.99. The lowest BCUT2D eigenvalue weighted by Gasteiger charge is -2.12. The molecule has 1 saturated carbocycles. The first-order chi connectivity index (χ1) is 8.25. The highest BCUT2D eigenvalue weighted by Crippen LogP contribution is 2.38. The molecular weight excluding hydrogens is 280 g/mol. The van der Waals surface area contributed by atoms with E-state index in [4.69, 9.17) is 0 Å². The van der Waals surface area contributed by atoms with Crippen LogP contribution in [0.4, 0.5) is 0 Å². The first-order valence-corrected chi connectivity index (χ1v) is 6.70. The van der Waals surface area contributed by atoms with E-state index in [1.807, 2.05) is 12.1 Å². The SMILES string of the molecule is Oc1cccc2c(C3CCCC3)nc(Br)nc12. The number of rotatable bonds is 1. The molecule has 0 bridgehead atoms. The predicted octanol–water partition coefficient (Wildman–Crippen LogP) is 3.76. The minimum absolute atomic E-state index is 0.227. The Morgan fingerprint density at radius 3 is 2.71 bits per heavy atom. The van der Waals surface area contributed by atoms with Gasteiger partial charge in [0.1, 0.15) is 11.3 Å². The summed E-state index contributed by atoms with van der Waals surface area (Å²) in [5.41, 5.74) is 1.73. The van der Waals surface area contributed by atoms with E-state index in [9.17, 15) is 5.11 Å². The van der Waals surface area contributed by atoms with Gasteiger partial charge in [-0.05, 0) is 34.8 Å². The van der Waals surface area contributed by atoms with E-state index in [0.717, 1.165) is 11.1 Å². The van der Waals surface area contributed by atoms with Crippen molar-refractivity contribution in [3.05, 3.63) is 28.6 Å². The molecule has 0 unspecified atom stereocenters. The lowest BCUT2D eigenvalue weighted by molar-refractivity contribution is 0.480. The Bertz CT molecular complexity index is 565. The summed E-state index contributed by atoms with van der Waals surface area (Å²) in [6.07, 6.45) is 4.92. The van der Waals surface area contributed by atoms with Crippen LogP contribution in [0.25, 0.3) is 10.9 Å². The number of aromatic hydroxyl groups is 1. The van der Waals surface area contributed by atoms with Gasteiger partial charge in [-0.1, -0.05) is 25.0 Å². The maximum atomic E-state index is 9.85. The summed E-state index contributed by atoms with van der Waals surface area (Å²) in [6.45, 7) is 0. The molecule has 1 aliphatic rings. The van der Waals surface area contributed by atoms with Gasteiger partial charge in [0, 0.05) is 11.3 Å². The quantitative estimate of drug-likeness (QED) is 0.814. The molecule has 0 atom stereocenters. The van der Waals surface area contributed by atoms with E-state index < -0.39 is 0 Å². The number of aromatic nitrogens is 2. The zero-order valence-corrected chi connectivity index (χ0v) is 10.9. The molecule has 1 fully saturated rings. The van der Waals surface area contributed by atoms with E-state index in [1.165, 1.54) is 25.7 Å². The van der Waals surface area contributed by atoms with Crippen molar-refractivity contribution >= 4 is 26.8 Å². The van der Waals surface area contributed by atoms with Crippen LogP contribution in [0.15, 0.2) is 22.9 Å². The molecule has 17 heavy (non-hydrogen) atoms. The van der Waals surface area contributed by atoms with E-state index in [2.05, 4.69) is 25.9 Å². The van der Waals surface area contributed by atoms with Gasteiger partial charge < -0.3 is 5.11 Å². The van der Waals surface area contributed by atoms with Crippen LogP contribution < -0.4 is 0 Å². The summed E-state index contributed by atoms with van der Waals surface area (Å²) >= 11 is 3.33. The molecule has 1 heterocycles. The molecule has 1 aromatic heterocycles. The highest BCUT2D eigenvalue weighted by Gasteiger charge is 2.22. The molecule has 0 spiro atoms. The lowest BCUT2D eigenvalue weighted by Crippen LogP contribution is -2.00. The monoisotopic (exact) mass is 292 g/mol. The Morgan fingerprint density at radius 2 is 1.94 bits per heavy atom. The molecule has 1 N–H and O–H groups in total. The Kier molecular flexibility index (Phi) is 2.74. The smallest absolute Gasteiger partial charge is 0.197 e. The first kappa shape index (κ1) is 11.0. The topological polar surface area (TPSA) is 46.0 Å². The number of hydrogen-bond acceptors (Lipinski definition) is 3. The fourth-order valence-electron chi connectivity index (χ4n) is 2.64. The third-order valence-electron chi connectivity index (χ3n) is 3.45. The molecule has 1 aliphatic carbocycles. The van der Waals surface area contributed by atoms with Crippen molar-refractivity contribution in [3.8, 4) is 5.75 Å². The predicted molar refractivity (Wildman–Crippen MR) is 70.1 cm³/mol. The van der Waals surface area contributed by atoms with Gasteiger partial charge >= 0.3 is 0 Å². The molecule has 0 radical (unpaired) electrons. The summed E-state index contributed by atoms with van der Waals surface area (Å²) in [6, 6.07) is 5.52. The van der Waals surface area contributed by atoms with Crippen molar-refractivity contribution in [1.29, 1.82) is 0 Å². The number of phenols is 1. The van der Waals surface area contributed by atoms with E-state index in [-0.39, 0.29) is 5.75 Å². The first-order valence-electron chi connectivity index (χ1n) is 5.91. The molecule has 2 aromatic rings. The normalized spacial score (nSPS) is 16.8. The number of halogens is 1. The Labute approximate surface area is 108 Å². The molecule has 3 rings (SSSR count). The fourth-order valence-corrected chi connectivity index (χ4v) is 3.01. The van der Waals surface area contributed by atoms with Crippen LogP contribution in [0.1, 0.15) is 37.3 Å². The van der Waals surface area contributed by atoms with Crippen LogP contribution in [-0.4, -0.2) is 15.1 Å². The number of benzene rings is 1. The van der Waals surface area contributed by atoms with Crippen molar-refractivity contribution < 1.29 is 5.11 Å². The molecular formula is C13H13BrN2O. The molecule has 1 aromatic carbocycles. The third kappa shape index (κ3) is 1.90. The summed E-state index contributed by atoms with van der Waals surface area (Å²) in [4.78, 5) is 8.78. The molecule has 0 saturated heterocycles. The van der Waals surface area contributed by atoms with Gasteiger partial charge in [0.25, 0.3) is 0 Å². The third-order valence-corrected chi connectivity index (χ3v) is 3.80. The van der Waals surface area contributed by atoms with Gasteiger partial charge in [-0.2, -0.15) is 0 Å². The van der Waals surface area contributed by atoms with Crippen LogP contribution in [0.2, 0.25) is 0 Å². The highest BCUT2D eigenvalue weighted by atomic mass is 79.9. The summed E-state index contributed by atoms with van der Waals surface area (Å²) in [7, 11) is 0. The average Bonchev–Trinajstić information content (AvgIpc) is 2.83. The van der Waals surface area contributed by atoms with E-state index >= 15 is 0 Å². The Morgan fingerprint density at radius 1 is 1.18 bits per heavy atom. The highest BCUT2D eigenvalue weighted by molar-refractivity contribution is 9.10. The number of phenolic OH excluding ortho intramolecular Hbond substituents is 1. The van der Waals surface area contributed by atoms with Crippen LogP contribution in [0.3, 0.4) is 0 Å². The maximum Gasteiger partial charge on any atom is 0.197 e. The van der Waals surface area contributed by atoms with Crippen LogP contribution in [0.5, 0.6) is 5.75 Å². The number of para-hydroxylation sites is 1. The van der Waals surface area contributed by atoms with Crippen LogP contribution in [0, 0.1) is 0 Å². The van der Waals surface area contributed by atoms with Crippen molar-refractivity contribution in [2.24, 2.45) is 0 Å². The second kappa shape index (κ2) is 4.26. The van der Waals surface area contributed by atoms with Gasteiger partial charge in [-0.3, -0.25) is 0 Å². The van der Waals surface area contributed by atoms with Gasteiger partial charge in [0.2, 0.25) is 0 Å². The van der Waals surface area contributed by atoms with Crippen LogP contribution in [-0.2, 0) is 0 Å². The minimum Gasteiger partial charge on any atom is -0.506 e. The Hall–Kier alpha value is -1.16. The standard InChI is InChI=1S/C13H13BrN2O/c14-13-15-11(8-4-1-2-5-8)9-6-3-7-10(17)12(9)16-13/h3,6-8,17H,1-2,4-5H2. The van der Waals surface area contributed by atoms with Gasteiger partial charge in [-0.25, -0.2) is 9.97 Å².